The van der Waals surface area contributed by atoms with Crippen molar-refractivity contribution in [3.05, 3.63) is 0 Å². The van der Waals surface area contributed by atoms with Gasteiger partial charge in [0.05, 0.1) is 12.9 Å². The highest BCUT2D eigenvalue weighted by Gasteiger charge is 2.14. The fourth-order valence-electron chi connectivity index (χ4n) is 1.36. The maximum absolute atomic E-state index is 10.7. The number of hydrogen-bond acceptors (Lipinski definition) is 4. The monoisotopic (exact) mass is 208 g/mol. The predicted octanol–water partition coefficient (Wildman–Crippen LogP) is 0.779. The van der Waals surface area contributed by atoms with Crippen molar-refractivity contribution >= 4 is 10.1 Å². The third kappa shape index (κ3) is 5.23. The lowest BCUT2D eigenvalue weighted by Gasteiger charge is -2.11. The quantitative estimate of drug-likeness (QED) is 0.643. The topological polar surface area (TPSA) is 52.6 Å². The molecule has 5 heteroatoms. The Balaban J connectivity index is 2.27. The van der Waals surface area contributed by atoms with E-state index in [1.807, 2.05) is 0 Å². The molecule has 1 saturated heterocycles. The molecular formula is C8H16O4S. The first-order valence-electron chi connectivity index (χ1n) is 4.50. The minimum absolute atomic E-state index is 0.308. The van der Waals surface area contributed by atoms with Gasteiger partial charge >= 0.3 is 0 Å². The summed E-state index contributed by atoms with van der Waals surface area (Å²) in [5, 5.41) is 0. The number of hydrogen-bond donors (Lipinski definition) is 0. The average molecular weight is 208 g/mol. The third-order valence-corrected chi connectivity index (χ3v) is 2.65. The summed E-state index contributed by atoms with van der Waals surface area (Å²) in [6, 6.07) is 0. The van der Waals surface area contributed by atoms with E-state index in [1.165, 1.54) is 0 Å². The van der Waals surface area contributed by atoms with Gasteiger partial charge in [-0.3, -0.25) is 4.18 Å². The molecule has 0 N–H and O–H groups in total. The summed E-state index contributed by atoms with van der Waals surface area (Å²) in [7, 11) is -3.28. The van der Waals surface area contributed by atoms with E-state index in [-0.39, 0.29) is 0 Å². The Morgan fingerprint density at radius 1 is 1.38 bits per heavy atom. The van der Waals surface area contributed by atoms with Crippen LogP contribution in [-0.4, -0.2) is 34.5 Å². The molecule has 4 nitrogen and oxygen atoms in total. The molecule has 1 aliphatic heterocycles. The Kier molecular flexibility index (Phi) is 4.15. The molecule has 1 atom stereocenters. The molecule has 0 radical (unpaired) electrons. The van der Waals surface area contributed by atoms with Gasteiger partial charge in [0.2, 0.25) is 0 Å². The minimum Gasteiger partial charge on any atom is -0.381 e. The molecule has 0 saturated carbocycles. The maximum atomic E-state index is 10.7. The van der Waals surface area contributed by atoms with Gasteiger partial charge in [0.25, 0.3) is 10.1 Å². The van der Waals surface area contributed by atoms with E-state index in [0.29, 0.717) is 12.5 Å². The van der Waals surface area contributed by atoms with Gasteiger partial charge in [0.15, 0.2) is 0 Å². The molecule has 1 heterocycles. The van der Waals surface area contributed by atoms with Crippen molar-refractivity contribution in [1.82, 2.24) is 0 Å². The predicted molar refractivity (Wildman–Crippen MR) is 49.0 cm³/mol. The Morgan fingerprint density at radius 3 is 2.85 bits per heavy atom. The Hall–Kier alpha value is -0.130. The maximum Gasteiger partial charge on any atom is 0.264 e. The van der Waals surface area contributed by atoms with Crippen LogP contribution in [0, 0.1) is 5.92 Å². The molecule has 1 aliphatic rings. The third-order valence-electron chi connectivity index (χ3n) is 2.09. The van der Waals surface area contributed by atoms with Crippen LogP contribution < -0.4 is 0 Å². The lowest BCUT2D eigenvalue weighted by Crippen LogP contribution is -2.13. The zero-order valence-electron chi connectivity index (χ0n) is 7.86. The van der Waals surface area contributed by atoms with Crippen molar-refractivity contribution in [2.45, 2.75) is 19.3 Å². The van der Waals surface area contributed by atoms with Crippen LogP contribution in [0.25, 0.3) is 0 Å². The van der Waals surface area contributed by atoms with E-state index in [4.69, 9.17) is 8.92 Å². The van der Waals surface area contributed by atoms with E-state index in [9.17, 15) is 8.42 Å². The lowest BCUT2D eigenvalue weighted by atomic mass is 10.0. The van der Waals surface area contributed by atoms with E-state index < -0.39 is 10.1 Å². The van der Waals surface area contributed by atoms with E-state index >= 15 is 0 Å². The van der Waals surface area contributed by atoms with Crippen LogP contribution in [0.2, 0.25) is 0 Å². The van der Waals surface area contributed by atoms with Gasteiger partial charge < -0.3 is 4.74 Å². The van der Waals surface area contributed by atoms with Gasteiger partial charge in [-0.05, 0) is 25.2 Å². The Bertz CT molecular complexity index is 227. The van der Waals surface area contributed by atoms with Crippen LogP contribution in [0.4, 0.5) is 0 Å². The molecule has 13 heavy (non-hydrogen) atoms. The van der Waals surface area contributed by atoms with Gasteiger partial charge in [-0.1, -0.05) is 0 Å². The summed E-state index contributed by atoms with van der Waals surface area (Å²) in [5.41, 5.74) is 0. The van der Waals surface area contributed by atoms with Crippen LogP contribution in [0.15, 0.2) is 0 Å². The van der Waals surface area contributed by atoms with Crippen molar-refractivity contribution in [3.8, 4) is 0 Å². The first-order chi connectivity index (χ1) is 6.08. The summed E-state index contributed by atoms with van der Waals surface area (Å²) in [6.45, 7) is 1.81. The van der Waals surface area contributed by atoms with E-state index in [0.717, 1.165) is 38.7 Å². The number of ether oxygens (including phenoxy) is 1. The van der Waals surface area contributed by atoms with Crippen molar-refractivity contribution in [2.75, 3.05) is 26.1 Å². The van der Waals surface area contributed by atoms with E-state index in [1.54, 1.807) is 0 Å². The van der Waals surface area contributed by atoms with E-state index in [2.05, 4.69) is 0 Å². The molecule has 0 spiro atoms. The summed E-state index contributed by atoms with van der Waals surface area (Å²) in [4.78, 5) is 0. The molecule has 1 fully saturated rings. The van der Waals surface area contributed by atoms with Crippen LogP contribution in [0.5, 0.6) is 0 Å². The minimum atomic E-state index is -3.28. The Morgan fingerprint density at radius 2 is 2.15 bits per heavy atom. The highest BCUT2D eigenvalue weighted by molar-refractivity contribution is 7.85. The van der Waals surface area contributed by atoms with Crippen LogP contribution >= 0.6 is 0 Å². The zero-order chi connectivity index (χ0) is 9.73. The van der Waals surface area contributed by atoms with Crippen LogP contribution in [-0.2, 0) is 19.0 Å². The number of rotatable bonds is 3. The fraction of sp³-hybridized carbons (Fsp3) is 1.00. The van der Waals surface area contributed by atoms with Gasteiger partial charge in [-0.25, -0.2) is 0 Å². The largest absolute Gasteiger partial charge is 0.381 e. The highest BCUT2D eigenvalue weighted by Crippen LogP contribution is 2.16. The highest BCUT2D eigenvalue weighted by atomic mass is 32.2. The molecule has 0 aromatic heterocycles. The average Bonchev–Trinajstić information content (AvgIpc) is 2.26. The normalized spacial score (nSPS) is 25.5. The van der Waals surface area contributed by atoms with Crippen molar-refractivity contribution < 1.29 is 17.3 Å². The van der Waals surface area contributed by atoms with Crippen LogP contribution in [0.3, 0.4) is 0 Å². The second-order valence-electron chi connectivity index (χ2n) is 3.40. The Labute approximate surface area is 79.3 Å². The summed E-state index contributed by atoms with van der Waals surface area (Å²) in [5.74, 6) is 0.331. The second kappa shape index (κ2) is 4.93. The summed E-state index contributed by atoms with van der Waals surface area (Å²) >= 11 is 0. The molecule has 78 valence electrons. The van der Waals surface area contributed by atoms with Gasteiger partial charge in [-0.2, -0.15) is 8.42 Å². The smallest absolute Gasteiger partial charge is 0.264 e. The van der Waals surface area contributed by atoms with Crippen molar-refractivity contribution in [3.63, 3.8) is 0 Å². The van der Waals surface area contributed by atoms with Gasteiger partial charge in [0.1, 0.15) is 0 Å². The van der Waals surface area contributed by atoms with Crippen molar-refractivity contribution in [1.29, 1.82) is 0 Å². The second-order valence-corrected chi connectivity index (χ2v) is 5.04. The first kappa shape index (κ1) is 10.9. The first-order valence-corrected chi connectivity index (χ1v) is 6.32. The standard InChI is InChI=1S/C8H16O4S/c1-13(9,10)12-7-8-3-2-5-11-6-4-8/h8H,2-7H2,1H3. The zero-order valence-corrected chi connectivity index (χ0v) is 8.68. The lowest BCUT2D eigenvalue weighted by molar-refractivity contribution is 0.137. The van der Waals surface area contributed by atoms with Crippen LogP contribution in [0.1, 0.15) is 19.3 Å². The van der Waals surface area contributed by atoms with Gasteiger partial charge in [0, 0.05) is 13.2 Å². The molecule has 1 rings (SSSR count). The van der Waals surface area contributed by atoms with Crippen molar-refractivity contribution in [2.24, 2.45) is 5.92 Å². The molecule has 0 amide bonds. The molecular weight excluding hydrogens is 192 g/mol. The summed E-state index contributed by atoms with van der Waals surface area (Å²) < 4.78 is 31.4. The fourth-order valence-corrected chi connectivity index (χ4v) is 1.80. The molecule has 1 unspecified atom stereocenters. The molecule has 0 bridgehead atoms. The molecule has 0 aromatic carbocycles. The summed E-state index contributed by atoms with van der Waals surface area (Å²) in [6.07, 6.45) is 3.98. The SMILES string of the molecule is CS(=O)(=O)OCC1CCCOCC1. The van der Waals surface area contributed by atoms with Gasteiger partial charge in [-0.15, -0.1) is 0 Å². The molecule has 0 aliphatic carbocycles. The molecule has 0 aromatic rings.